The number of Topliss-reactive ketones (excluding diaryl/α,β-unsaturated/α-hetero) is 3. The molecule has 0 radical (unpaired) electrons. The van der Waals surface area contributed by atoms with Gasteiger partial charge in [0.05, 0.1) is 5.69 Å². The van der Waals surface area contributed by atoms with Crippen LogP contribution in [-0.4, -0.2) is 51.3 Å². The van der Waals surface area contributed by atoms with E-state index < -0.39 is 0 Å². The first-order chi connectivity index (χ1) is 21.9. The molecule has 0 N–H and O–H groups in total. The summed E-state index contributed by atoms with van der Waals surface area (Å²) in [7, 11) is 0. The highest BCUT2D eigenvalue weighted by Gasteiger charge is 2.22. The van der Waals surface area contributed by atoms with Crippen molar-refractivity contribution < 1.29 is 14.4 Å². The maximum atomic E-state index is 11.9. The molecule has 2 aliphatic carbocycles. The standard InChI is InChI=1S/C15H19NO.2C12H13NO/c1-12(2)16-9-8-15(17)14(11-16)10-13-6-4-3-5-7-13;14-12-7-2-1-5-10(12)9-11-6-3-4-8-13-11;14-12-6-2-1-5-11(12)8-10-4-3-7-13-9-10/h3-7,10,12H,8-9,11H2,1-2H3;3-4,6,8-9H,1-2,5,7H2;3-4,7-9H,1-2,5-6H2/b14-10+;10-9+;11-8+. The van der Waals surface area contributed by atoms with Gasteiger partial charge in [-0.3, -0.25) is 29.3 Å². The number of pyridine rings is 2. The number of allylic oxidation sites excluding steroid dienone is 2. The zero-order valence-electron chi connectivity index (χ0n) is 26.7. The molecule has 3 aromatic rings. The van der Waals surface area contributed by atoms with E-state index >= 15 is 0 Å². The van der Waals surface area contributed by atoms with Crippen LogP contribution in [0.3, 0.4) is 0 Å². The lowest BCUT2D eigenvalue weighted by Crippen LogP contribution is -2.40. The van der Waals surface area contributed by atoms with E-state index in [0.717, 1.165) is 85.2 Å². The molecule has 0 spiro atoms. The first-order valence-electron chi connectivity index (χ1n) is 16.2. The van der Waals surface area contributed by atoms with Crippen LogP contribution in [0.4, 0.5) is 0 Å². The molecule has 6 rings (SSSR count). The van der Waals surface area contributed by atoms with Crippen molar-refractivity contribution in [3.8, 4) is 0 Å². The molecule has 0 amide bonds. The van der Waals surface area contributed by atoms with Crippen molar-refractivity contribution in [3.63, 3.8) is 0 Å². The zero-order valence-corrected chi connectivity index (χ0v) is 26.7. The molecule has 45 heavy (non-hydrogen) atoms. The molecule has 1 aromatic carbocycles. The third-order valence-corrected chi connectivity index (χ3v) is 8.18. The number of aromatic nitrogens is 2. The Morgan fingerprint density at radius 3 is 1.82 bits per heavy atom. The lowest BCUT2D eigenvalue weighted by Gasteiger charge is -2.31. The van der Waals surface area contributed by atoms with Gasteiger partial charge in [-0.05, 0) is 111 Å². The molecule has 234 valence electrons. The second kappa shape index (κ2) is 17.9. The third kappa shape index (κ3) is 11.3. The molecule has 3 heterocycles. The molecular formula is C39H45N3O3. The molecule has 2 saturated carbocycles. The average Bonchev–Trinajstić information content (AvgIpc) is 3.06. The maximum Gasteiger partial charge on any atom is 0.161 e. The Bertz CT molecular complexity index is 1420. The lowest BCUT2D eigenvalue weighted by atomic mass is 9.92. The van der Waals surface area contributed by atoms with E-state index in [1.54, 1.807) is 18.6 Å². The fraction of sp³-hybridized carbons (Fsp3) is 0.359. The number of benzene rings is 1. The quantitative estimate of drug-likeness (QED) is 0.282. The molecule has 3 aliphatic rings. The second-order valence-corrected chi connectivity index (χ2v) is 12.0. The summed E-state index contributed by atoms with van der Waals surface area (Å²) >= 11 is 0. The Kier molecular flexibility index (Phi) is 13.3. The minimum atomic E-state index is 0.293. The molecule has 2 aromatic heterocycles. The number of rotatable bonds is 4. The Hall–Kier alpha value is -4.29. The largest absolute Gasteiger partial charge is 0.296 e. The van der Waals surface area contributed by atoms with Crippen LogP contribution in [0, 0.1) is 0 Å². The van der Waals surface area contributed by atoms with Crippen LogP contribution < -0.4 is 0 Å². The summed E-state index contributed by atoms with van der Waals surface area (Å²) in [6, 6.07) is 20.2. The predicted octanol–water partition coefficient (Wildman–Crippen LogP) is 7.97. The Labute approximate surface area is 268 Å². The number of hydrogen-bond acceptors (Lipinski definition) is 6. The molecule has 6 heteroatoms. The van der Waals surface area contributed by atoms with Crippen LogP contribution >= 0.6 is 0 Å². The van der Waals surface area contributed by atoms with Crippen LogP contribution in [0.1, 0.15) is 88.5 Å². The average molecular weight is 604 g/mol. The predicted molar refractivity (Wildman–Crippen MR) is 182 cm³/mol. The van der Waals surface area contributed by atoms with Crippen LogP contribution in [-0.2, 0) is 14.4 Å². The van der Waals surface area contributed by atoms with Crippen molar-refractivity contribution in [3.05, 3.63) is 113 Å². The smallest absolute Gasteiger partial charge is 0.161 e. The zero-order chi connectivity index (χ0) is 31.9. The van der Waals surface area contributed by atoms with Crippen molar-refractivity contribution in [2.75, 3.05) is 13.1 Å². The number of carbonyl (C=O) groups excluding carboxylic acids is 3. The number of hydrogen-bond donors (Lipinski definition) is 0. The molecule has 3 fully saturated rings. The van der Waals surface area contributed by atoms with Gasteiger partial charge in [0.25, 0.3) is 0 Å². The molecule has 1 saturated heterocycles. The fourth-order valence-corrected chi connectivity index (χ4v) is 5.52. The molecule has 6 nitrogen and oxygen atoms in total. The Balaban J connectivity index is 0.000000155. The number of ketones is 3. The normalized spacial score (nSPS) is 20.1. The molecule has 0 atom stereocenters. The van der Waals surface area contributed by atoms with E-state index in [1.165, 1.54) is 0 Å². The van der Waals surface area contributed by atoms with Gasteiger partial charge in [-0.1, -0.05) is 42.5 Å². The minimum Gasteiger partial charge on any atom is -0.296 e. The van der Waals surface area contributed by atoms with Gasteiger partial charge >= 0.3 is 0 Å². The summed E-state index contributed by atoms with van der Waals surface area (Å²) < 4.78 is 0. The highest BCUT2D eigenvalue weighted by molar-refractivity contribution is 6.01. The van der Waals surface area contributed by atoms with Crippen LogP contribution in [0.5, 0.6) is 0 Å². The maximum absolute atomic E-state index is 11.9. The molecular weight excluding hydrogens is 558 g/mol. The van der Waals surface area contributed by atoms with Crippen molar-refractivity contribution in [2.45, 2.75) is 77.7 Å². The van der Waals surface area contributed by atoms with E-state index in [1.807, 2.05) is 78.9 Å². The summed E-state index contributed by atoms with van der Waals surface area (Å²) in [5, 5.41) is 0. The topological polar surface area (TPSA) is 80.2 Å². The lowest BCUT2D eigenvalue weighted by molar-refractivity contribution is -0.118. The summed E-state index contributed by atoms with van der Waals surface area (Å²) in [5.74, 6) is 0.896. The summed E-state index contributed by atoms with van der Waals surface area (Å²) in [4.78, 5) is 45.4. The van der Waals surface area contributed by atoms with Gasteiger partial charge in [-0.25, -0.2) is 0 Å². The Morgan fingerprint density at radius 1 is 0.622 bits per heavy atom. The van der Waals surface area contributed by atoms with E-state index in [2.05, 4.69) is 28.7 Å². The van der Waals surface area contributed by atoms with Crippen LogP contribution in [0.15, 0.2) is 96.0 Å². The number of nitrogens with zero attached hydrogens (tertiary/aromatic N) is 3. The van der Waals surface area contributed by atoms with E-state index in [9.17, 15) is 14.4 Å². The van der Waals surface area contributed by atoms with Crippen molar-refractivity contribution in [1.82, 2.24) is 14.9 Å². The molecule has 0 unspecified atom stereocenters. The van der Waals surface area contributed by atoms with Crippen LogP contribution in [0.2, 0.25) is 0 Å². The van der Waals surface area contributed by atoms with E-state index in [0.29, 0.717) is 42.7 Å². The van der Waals surface area contributed by atoms with Gasteiger partial charge in [0.2, 0.25) is 0 Å². The first kappa shape index (κ1) is 33.6. The second-order valence-electron chi connectivity index (χ2n) is 12.0. The molecule has 0 bridgehead atoms. The number of likely N-dealkylation sites (tertiary alicyclic amines) is 1. The molecule has 1 aliphatic heterocycles. The summed E-state index contributed by atoms with van der Waals surface area (Å²) in [6.45, 7) is 6.03. The highest BCUT2D eigenvalue weighted by atomic mass is 16.1. The summed E-state index contributed by atoms with van der Waals surface area (Å²) in [6.07, 6.45) is 19.4. The fourth-order valence-electron chi connectivity index (χ4n) is 5.52. The summed E-state index contributed by atoms with van der Waals surface area (Å²) in [5.41, 5.74) is 5.87. The van der Waals surface area contributed by atoms with E-state index in [4.69, 9.17) is 0 Å². The first-order valence-corrected chi connectivity index (χ1v) is 16.2. The third-order valence-electron chi connectivity index (χ3n) is 8.18. The van der Waals surface area contributed by atoms with Crippen molar-refractivity contribution in [2.24, 2.45) is 0 Å². The monoisotopic (exact) mass is 603 g/mol. The van der Waals surface area contributed by atoms with Crippen molar-refractivity contribution in [1.29, 1.82) is 0 Å². The van der Waals surface area contributed by atoms with E-state index in [-0.39, 0.29) is 0 Å². The van der Waals surface area contributed by atoms with Crippen molar-refractivity contribution >= 4 is 35.6 Å². The SMILES string of the molecule is CC(C)N1CCC(=O)/C(=C/c2ccccc2)C1.O=C1CCCC/C1=C\c1ccccn1.O=C1CCCC/C1=C\c1cccnc1. The minimum absolute atomic E-state index is 0.293. The van der Waals surface area contributed by atoms with Gasteiger partial charge in [-0.15, -0.1) is 0 Å². The Morgan fingerprint density at radius 2 is 1.22 bits per heavy atom. The van der Waals surface area contributed by atoms with Crippen LogP contribution in [0.25, 0.3) is 18.2 Å². The van der Waals surface area contributed by atoms with Gasteiger partial charge < -0.3 is 0 Å². The number of piperidine rings is 1. The van der Waals surface area contributed by atoms with Gasteiger partial charge in [0.15, 0.2) is 17.3 Å². The van der Waals surface area contributed by atoms with Gasteiger partial charge in [0.1, 0.15) is 0 Å². The van der Waals surface area contributed by atoms with Gasteiger partial charge in [0, 0.05) is 62.6 Å². The number of carbonyl (C=O) groups is 3. The highest BCUT2D eigenvalue weighted by Crippen LogP contribution is 2.23. The van der Waals surface area contributed by atoms with Gasteiger partial charge in [-0.2, -0.15) is 0 Å².